The molecule has 0 bridgehead atoms. The van der Waals surface area contributed by atoms with Gasteiger partial charge in [0.2, 0.25) is 5.91 Å². The van der Waals surface area contributed by atoms with Gasteiger partial charge in [0.15, 0.2) is 0 Å². The first-order chi connectivity index (χ1) is 8.49. The van der Waals surface area contributed by atoms with Crippen LogP contribution in [0.3, 0.4) is 0 Å². The molecule has 0 unspecified atom stereocenters. The Bertz CT molecular complexity index is 433. The van der Waals surface area contributed by atoms with E-state index in [0.717, 1.165) is 11.1 Å². The predicted octanol–water partition coefficient (Wildman–Crippen LogP) is 1.36. The van der Waals surface area contributed by atoms with E-state index in [1.165, 1.54) is 0 Å². The van der Waals surface area contributed by atoms with E-state index in [4.69, 9.17) is 22.7 Å². The van der Waals surface area contributed by atoms with Crippen molar-refractivity contribution in [2.24, 2.45) is 5.73 Å². The zero-order chi connectivity index (χ0) is 13.5. The van der Waals surface area contributed by atoms with E-state index in [0.29, 0.717) is 11.5 Å². The zero-order valence-corrected chi connectivity index (χ0v) is 11.4. The highest BCUT2D eigenvalue weighted by molar-refractivity contribution is 7.80. The average Bonchev–Trinajstić information content (AvgIpc) is 2.34. The number of rotatable bonds is 6. The van der Waals surface area contributed by atoms with Gasteiger partial charge in [-0.05, 0) is 25.5 Å². The predicted molar refractivity (Wildman–Crippen MR) is 75.3 cm³/mol. The minimum Gasteiger partial charge on any atom is -0.389 e. The van der Waals surface area contributed by atoms with Crippen LogP contribution < -0.4 is 11.1 Å². The molecule has 0 fully saturated rings. The van der Waals surface area contributed by atoms with Crippen LogP contribution in [0.25, 0.3) is 0 Å². The normalized spacial score (nSPS) is 10.4. The van der Waals surface area contributed by atoms with Gasteiger partial charge in [0, 0.05) is 12.1 Å². The molecule has 1 aromatic carbocycles. The minimum absolute atomic E-state index is 0.0497. The van der Waals surface area contributed by atoms with Crippen molar-refractivity contribution in [3.8, 4) is 0 Å². The lowest BCUT2D eigenvalue weighted by molar-refractivity contribution is -0.127. The molecule has 0 aromatic heterocycles. The molecule has 5 heteroatoms. The Labute approximate surface area is 113 Å². The molecular formula is C13H18N2O2S. The highest BCUT2D eigenvalue weighted by atomic mass is 32.1. The molecule has 1 rings (SSSR count). The number of carbonyl (C=O) groups is 1. The number of nitrogens with two attached hydrogens (primary N) is 1. The summed E-state index contributed by atoms with van der Waals surface area (Å²) in [5.74, 6) is -0.135. The molecule has 0 atom stereocenters. The standard InChI is InChI=1S/C13H18N2O2S/c1-9(2)17-8-12(16)15-7-10-4-3-5-11(6-10)13(14)18/h3-6,9H,7-8H2,1-2H3,(H2,14,18)(H,15,16). The Hall–Kier alpha value is -1.46. The summed E-state index contributed by atoms with van der Waals surface area (Å²) < 4.78 is 5.20. The summed E-state index contributed by atoms with van der Waals surface area (Å²) in [6.07, 6.45) is 0.0497. The number of nitrogens with one attached hydrogen (secondary N) is 1. The second-order valence-electron chi connectivity index (χ2n) is 4.20. The Balaban J connectivity index is 2.46. The molecule has 1 aromatic rings. The number of carbonyl (C=O) groups excluding carboxylic acids is 1. The Morgan fingerprint density at radius 3 is 2.83 bits per heavy atom. The van der Waals surface area contributed by atoms with Gasteiger partial charge in [0.05, 0.1) is 6.10 Å². The third-order valence-corrected chi connectivity index (χ3v) is 2.48. The van der Waals surface area contributed by atoms with E-state index in [1.807, 2.05) is 38.1 Å². The van der Waals surface area contributed by atoms with Gasteiger partial charge in [0.25, 0.3) is 0 Å². The second kappa shape index (κ2) is 7.08. The molecule has 1 amide bonds. The molecule has 0 spiro atoms. The van der Waals surface area contributed by atoms with E-state index in [1.54, 1.807) is 0 Å². The summed E-state index contributed by atoms with van der Waals surface area (Å²) in [7, 11) is 0. The van der Waals surface area contributed by atoms with Crippen LogP contribution in [-0.4, -0.2) is 23.6 Å². The number of hydrogen-bond donors (Lipinski definition) is 2. The molecule has 18 heavy (non-hydrogen) atoms. The van der Waals surface area contributed by atoms with Gasteiger partial charge in [-0.2, -0.15) is 0 Å². The van der Waals surface area contributed by atoms with Gasteiger partial charge in [-0.15, -0.1) is 0 Å². The first-order valence-electron chi connectivity index (χ1n) is 5.76. The third kappa shape index (κ3) is 5.25. The zero-order valence-electron chi connectivity index (χ0n) is 10.6. The molecule has 0 heterocycles. The van der Waals surface area contributed by atoms with Crippen LogP contribution in [0, 0.1) is 0 Å². The van der Waals surface area contributed by atoms with Crippen LogP contribution in [0.4, 0.5) is 0 Å². The topological polar surface area (TPSA) is 64.3 Å². The fraction of sp³-hybridized carbons (Fsp3) is 0.385. The SMILES string of the molecule is CC(C)OCC(=O)NCc1cccc(C(N)=S)c1. The maximum Gasteiger partial charge on any atom is 0.246 e. The lowest BCUT2D eigenvalue weighted by Gasteiger charge is -2.09. The largest absolute Gasteiger partial charge is 0.389 e. The van der Waals surface area contributed by atoms with Crippen molar-refractivity contribution in [1.29, 1.82) is 0 Å². The van der Waals surface area contributed by atoms with Crippen molar-refractivity contribution in [3.63, 3.8) is 0 Å². The van der Waals surface area contributed by atoms with Gasteiger partial charge in [-0.1, -0.05) is 30.4 Å². The van der Waals surface area contributed by atoms with Crippen LogP contribution in [0.1, 0.15) is 25.0 Å². The van der Waals surface area contributed by atoms with E-state index in [2.05, 4.69) is 5.32 Å². The molecule has 0 aliphatic carbocycles. The van der Waals surface area contributed by atoms with Crippen molar-refractivity contribution < 1.29 is 9.53 Å². The number of thiocarbonyl (C=S) groups is 1. The first-order valence-corrected chi connectivity index (χ1v) is 6.17. The fourth-order valence-electron chi connectivity index (χ4n) is 1.33. The Morgan fingerprint density at radius 1 is 1.50 bits per heavy atom. The maximum atomic E-state index is 11.5. The smallest absolute Gasteiger partial charge is 0.246 e. The summed E-state index contributed by atoms with van der Waals surface area (Å²) in [5, 5.41) is 2.77. The average molecular weight is 266 g/mol. The molecule has 4 nitrogen and oxygen atoms in total. The van der Waals surface area contributed by atoms with Gasteiger partial charge < -0.3 is 15.8 Å². The number of benzene rings is 1. The van der Waals surface area contributed by atoms with Crippen LogP contribution in [0.2, 0.25) is 0 Å². The van der Waals surface area contributed by atoms with Crippen molar-refractivity contribution in [2.75, 3.05) is 6.61 Å². The maximum absolute atomic E-state index is 11.5. The van der Waals surface area contributed by atoms with Crippen molar-refractivity contribution in [1.82, 2.24) is 5.32 Å². The van der Waals surface area contributed by atoms with Crippen molar-refractivity contribution in [3.05, 3.63) is 35.4 Å². The van der Waals surface area contributed by atoms with E-state index in [9.17, 15) is 4.79 Å². The third-order valence-electron chi connectivity index (χ3n) is 2.25. The molecule has 3 N–H and O–H groups in total. The number of ether oxygens (including phenoxy) is 1. The van der Waals surface area contributed by atoms with Crippen molar-refractivity contribution in [2.45, 2.75) is 26.5 Å². The van der Waals surface area contributed by atoms with Gasteiger partial charge in [-0.25, -0.2) is 0 Å². The molecule has 0 aliphatic rings. The summed E-state index contributed by atoms with van der Waals surface area (Å²) in [5.41, 5.74) is 7.30. The molecule has 0 saturated heterocycles. The van der Waals surface area contributed by atoms with Gasteiger partial charge >= 0.3 is 0 Å². The lowest BCUT2D eigenvalue weighted by Crippen LogP contribution is -2.28. The summed E-state index contributed by atoms with van der Waals surface area (Å²) in [6.45, 7) is 4.29. The molecular weight excluding hydrogens is 248 g/mol. The molecule has 98 valence electrons. The van der Waals surface area contributed by atoms with Crippen molar-refractivity contribution >= 4 is 23.1 Å². The highest BCUT2D eigenvalue weighted by Gasteiger charge is 2.04. The number of hydrogen-bond acceptors (Lipinski definition) is 3. The Kier molecular flexibility index (Phi) is 5.74. The fourth-order valence-corrected chi connectivity index (χ4v) is 1.46. The Morgan fingerprint density at radius 2 is 2.22 bits per heavy atom. The summed E-state index contributed by atoms with van der Waals surface area (Å²) in [6, 6.07) is 7.48. The van der Waals surface area contributed by atoms with E-state index in [-0.39, 0.29) is 18.6 Å². The quantitative estimate of drug-likeness (QED) is 0.763. The first kappa shape index (κ1) is 14.6. The summed E-state index contributed by atoms with van der Waals surface area (Å²) >= 11 is 4.90. The molecule has 0 radical (unpaired) electrons. The van der Waals surface area contributed by atoms with E-state index >= 15 is 0 Å². The van der Waals surface area contributed by atoms with Crippen LogP contribution in [0.15, 0.2) is 24.3 Å². The van der Waals surface area contributed by atoms with Crippen LogP contribution >= 0.6 is 12.2 Å². The van der Waals surface area contributed by atoms with Crippen LogP contribution in [0.5, 0.6) is 0 Å². The lowest BCUT2D eigenvalue weighted by atomic mass is 10.1. The molecule has 0 aliphatic heterocycles. The van der Waals surface area contributed by atoms with Gasteiger partial charge in [0.1, 0.15) is 11.6 Å². The van der Waals surface area contributed by atoms with Crippen LogP contribution in [-0.2, 0) is 16.1 Å². The van der Waals surface area contributed by atoms with E-state index < -0.39 is 0 Å². The molecule has 0 saturated carbocycles. The second-order valence-corrected chi connectivity index (χ2v) is 4.64. The highest BCUT2D eigenvalue weighted by Crippen LogP contribution is 2.05. The summed E-state index contributed by atoms with van der Waals surface area (Å²) in [4.78, 5) is 11.8. The number of amides is 1. The minimum atomic E-state index is -0.135. The van der Waals surface area contributed by atoms with Gasteiger partial charge in [-0.3, -0.25) is 4.79 Å². The monoisotopic (exact) mass is 266 g/mol.